The van der Waals surface area contributed by atoms with E-state index >= 15 is 0 Å². The second-order valence-electron chi connectivity index (χ2n) is 8.20. The standard InChI is InChI=1S/C24H19F4N7O2/c1-2-14(30-20-18-19(29-11-16(36)32-18)33-23(34-20)24(26,27)28)21-31-15-10-6-9-13(25)17(15)22(37)35(21)12-7-4-3-5-8-12/h3-10,14H,2,11H2,1H3,(H,32,36)(H2,29,30,33,34)/t14-/m0/s1. The molecule has 5 rings (SSSR count). The molecular formula is C24H19F4N7O2. The van der Waals surface area contributed by atoms with E-state index in [0.29, 0.717) is 5.69 Å². The SMILES string of the molecule is CC[C@H](Nc1nc(C(F)(F)F)nc2c1NC(=O)CN2)c1nc2cccc(F)c2c(=O)n1-c1ccccc1. The Balaban J connectivity index is 1.71. The highest BCUT2D eigenvalue weighted by molar-refractivity contribution is 6.02. The van der Waals surface area contributed by atoms with Crippen LogP contribution in [0.15, 0.2) is 53.3 Å². The normalized spacial score (nSPS) is 14.0. The van der Waals surface area contributed by atoms with Crippen LogP contribution in [0, 0.1) is 5.82 Å². The Morgan fingerprint density at radius 1 is 1.05 bits per heavy atom. The summed E-state index contributed by atoms with van der Waals surface area (Å²) in [5, 5.41) is 7.72. The number of aromatic nitrogens is 4. The van der Waals surface area contributed by atoms with Gasteiger partial charge in [-0.1, -0.05) is 31.2 Å². The molecule has 0 fully saturated rings. The number of rotatable bonds is 5. The number of alkyl halides is 3. The lowest BCUT2D eigenvalue weighted by Gasteiger charge is -2.26. The molecule has 1 atom stereocenters. The van der Waals surface area contributed by atoms with Gasteiger partial charge in [-0.3, -0.25) is 14.2 Å². The van der Waals surface area contributed by atoms with E-state index in [2.05, 4.69) is 30.9 Å². The number of nitrogens with one attached hydrogen (secondary N) is 3. The van der Waals surface area contributed by atoms with Crippen LogP contribution in [0.3, 0.4) is 0 Å². The Bertz CT molecular complexity index is 1570. The van der Waals surface area contributed by atoms with Crippen LogP contribution in [0.25, 0.3) is 16.6 Å². The van der Waals surface area contributed by atoms with Crippen LogP contribution in [-0.2, 0) is 11.0 Å². The largest absolute Gasteiger partial charge is 0.451 e. The lowest BCUT2D eigenvalue weighted by molar-refractivity contribution is -0.144. The van der Waals surface area contributed by atoms with E-state index in [1.807, 2.05) is 0 Å². The van der Waals surface area contributed by atoms with E-state index in [4.69, 9.17) is 0 Å². The van der Waals surface area contributed by atoms with Crippen LogP contribution < -0.4 is 21.5 Å². The molecule has 0 bridgehead atoms. The number of carbonyl (C=O) groups excluding carboxylic acids is 1. The van der Waals surface area contributed by atoms with E-state index in [-0.39, 0.29) is 47.0 Å². The van der Waals surface area contributed by atoms with Gasteiger partial charge in [0.1, 0.15) is 22.7 Å². The fraction of sp³-hybridized carbons (Fsp3) is 0.208. The second-order valence-corrected chi connectivity index (χ2v) is 8.20. The van der Waals surface area contributed by atoms with Crippen LogP contribution in [0.5, 0.6) is 0 Å². The smallest absolute Gasteiger partial charge is 0.359 e. The summed E-state index contributed by atoms with van der Waals surface area (Å²) >= 11 is 0. The van der Waals surface area contributed by atoms with Crippen molar-refractivity contribution in [1.82, 2.24) is 19.5 Å². The van der Waals surface area contributed by atoms with Gasteiger partial charge in [0, 0.05) is 0 Å². The maximum atomic E-state index is 14.6. The Kier molecular flexibility index (Phi) is 5.97. The summed E-state index contributed by atoms with van der Waals surface area (Å²) in [6, 6.07) is 11.5. The molecule has 1 aliphatic rings. The van der Waals surface area contributed by atoms with Crippen molar-refractivity contribution in [3.63, 3.8) is 0 Å². The highest BCUT2D eigenvalue weighted by Gasteiger charge is 2.38. The summed E-state index contributed by atoms with van der Waals surface area (Å²) in [4.78, 5) is 37.2. The zero-order valence-electron chi connectivity index (χ0n) is 19.2. The van der Waals surface area contributed by atoms with Gasteiger partial charge in [-0.25, -0.2) is 19.3 Å². The summed E-state index contributed by atoms with van der Waals surface area (Å²) in [6.45, 7) is 1.47. The Hall–Kier alpha value is -4.55. The number of nitrogens with zero attached hydrogens (tertiary/aromatic N) is 4. The minimum absolute atomic E-state index is 0.0665. The third-order valence-electron chi connectivity index (χ3n) is 5.76. The number of amides is 1. The van der Waals surface area contributed by atoms with Crippen LogP contribution in [0.4, 0.5) is 34.9 Å². The second kappa shape index (κ2) is 9.15. The van der Waals surface area contributed by atoms with Gasteiger partial charge in [-0.2, -0.15) is 13.2 Å². The summed E-state index contributed by atoms with van der Waals surface area (Å²) < 4.78 is 56.5. The summed E-state index contributed by atoms with van der Waals surface area (Å²) in [7, 11) is 0. The molecule has 3 heterocycles. The number of para-hydroxylation sites is 1. The molecule has 9 nitrogen and oxygen atoms in total. The molecule has 0 unspecified atom stereocenters. The first-order valence-corrected chi connectivity index (χ1v) is 11.2. The molecule has 0 aliphatic carbocycles. The third kappa shape index (κ3) is 4.43. The van der Waals surface area contributed by atoms with Crippen molar-refractivity contribution in [2.75, 3.05) is 22.5 Å². The molecule has 2 aromatic heterocycles. The average Bonchev–Trinajstić information content (AvgIpc) is 2.87. The van der Waals surface area contributed by atoms with Gasteiger partial charge in [0.2, 0.25) is 11.7 Å². The molecule has 4 aromatic rings. The molecule has 2 aromatic carbocycles. The zero-order chi connectivity index (χ0) is 26.3. The number of fused-ring (bicyclic) bond motifs is 2. The summed E-state index contributed by atoms with van der Waals surface area (Å²) in [6.07, 6.45) is -4.62. The van der Waals surface area contributed by atoms with E-state index in [9.17, 15) is 27.2 Å². The highest BCUT2D eigenvalue weighted by atomic mass is 19.4. The van der Waals surface area contributed by atoms with Crippen LogP contribution >= 0.6 is 0 Å². The monoisotopic (exact) mass is 513 g/mol. The van der Waals surface area contributed by atoms with Gasteiger partial charge in [-0.15, -0.1) is 0 Å². The molecular weight excluding hydrogens is 494 g/mol. The predicted molar refractivity (Wildman–Crippen MR) is 128 cm³/mol. The minimum atomic E-state index is -4.86. The lowest BCUT2D eigenvalue weighted by atomic mass is 10.1. The van der Waals surface area contributed by atoms with Crippen molar-refractivity contribution in [3.05, 3.63) is 76.4 Å². The first-order valence-electron chi connectivity index (χ1n) is 11.2. The molecule has 190 valence electrons. The quantitative estimate of drug-likeness (QED) is 0.342. The topological polar surface area (TPSA) is 114 Å². The number of benzene rings is 2. The minimum Gasteiger partial charge on any atom is -0.359 e. The molecule has 1 aliphatic heterocycles. The van der Waals surface area contributed by atoms with Crippen molar-refractivity contribution in [2.45, 2.75) is 25.6 Å². The Morgan fingerprint density at radius 3 is 2.51 bits per heavy atom. The first-order chi connectivity index (χ1) is 17.7. The third-order valence-corrected chi connectivity index (χ3v) is 5.76. The number of carbonyl (C=O) groups is 1. The van der Waals surface area contributed by atoms with Gasteiger partial charge >= 0.3 is 6.18 Å². The van der Waals surface area contributed by atoms with Crippen molar-refractivity contribution in [1.29, 1.82) is 0 Å². The lowest BCUT2D eigenvalue weighted by Crippen LogP contribution is -2.32. The maximum Gasteiger partial charge on any atom is 0.451 e. The molecule has 37 heavy (non-hydrogen) atoms. The number of hydrogen-bond donors (Lipinski definition) is 3. The van der Waals surface area contributed by atoms with Gasteiger partial charge in [-0.05, 0) is 30.7 Å². The summed E-state index contributed by atoms with van der Waals surface area (Å²) in [5.74, 6) is -3.05. The molecule has 0 spiro atoms. The van der Waals surface area contributed by atoms with Crippen molar-refractivity contribution >= 4 is 34.1 Å². The summed E-state index contributed by atoms with van der Waals surface area (Å²) in [5.41, 5.74) is -0.275. The van der Waals surface area contributed by atoms with Gasteiger partial charge in [0.15, 0.2) is 11.6 Å². The van der Waals surface area contributed by atoms with Crippen molar-refractivity contribution in [3.8, 4) is 5.69 Å². The van der Waals surface area contributed by atoms with Crippen LogP contribution in [-0.4, -0.2) is 32.0 Å². The molecule has 0 radical (unpaired) electrons. The number of halogens is 4. The van der Waals surface area contributed by atoms with Crippen LogP contribution in [0.2, 0.25) is 0 Å². The van der Waals surface area contributed by atoms with E-state index in [1.54, 1.807) is 37.3 Å². The van der Waals surface area contributed by atoms with Gasteiger partial charge in [0.05, 0.1) is 23.8 Å². The maximum absolute atomic E-state index is 14.6. The van der Waals surface area contributed by atoms with E-state index < -0.39 is 35.3 Å². The van der Waals surface area contributed by atoms with E-state index in [1.165, 1.54) is 16.7 Å². The van der Waals surface area contributed by atoms with E-state index in [0.717, 1.165) is 6.07 Å². The molecule has 0 saturated heterocycles. The number of anilines is 3. The fourth-order valence-corrected chi connectivity index (χ4v) is 4.07. The molecule has 1 amide bonds. The molecule has 13 heteroatoms. The van der Waals surface area contributed by atoms with Crippen LogP contribution in [0.1, 0.15) is 31.0 Å². The first kappa shape index (κ1) is 24.2. The Morgan fingerprint density at radius 2 is 1.81 bits per heavy atom. The van der Waals surface area contributed by atoms with Crippen molar-refractivity contribution < 1.29 is 22.4 Å². The highest BCUT2D eigenvalue weighted by Crippen LogP contribution is 2.37. The Labute approximate surface area is 206 Å². The number of hydrogen-bond acceptors (Lipinski definition) is 7. The average molecular weight is 513 g/mol. The van der Waals surface area contributed by atoms with Gasteiger partial charge < -0.3 is 16.0 Å². The molecule has 0 saturated carbocycles. The molecule has 3 N–H and O–H groups in total. The van der Waals surface area contributed by atoms with Crippen molar-refractivity contribution in [2.24, 2.45) is 0 Å². The zero-order valence-corrected chi connectivity index (χ0v) is 19.2. The predicted octanol–water partition coefficient (Wildman–Crippen LogP) is 4.26. The van der Waals surface area contributed by atoms with Gasteiger partial charge in [0.25, 0.3) is 5.56 Å². The fourth-order valence-electron chi connectivity index (χ4n) is 4.07.